The highest BCUT2D eigenvalue weighted by Gasteiger charge is 1.94. The van der Waals surface area contributed by atoms with E-state index in [2.05, 4.69) is 31.5 Å². The lowest BCUT2D eigenvalue weighted by Crippen LogP contribution is -2.17. The van der Waals surface area contributed by atoms with Gasteiger partial charge < -0.3 is 0 Å². The van der Waals surface area contributed by atoms with Crippen LogP contribution in [0, 0.1) is 0 Å². The van der Waals surface area contributed by atoms with Crippen LogP contribution in [0.1, 0.15) is 45.4 Å². The topological polar surface area (TPSA) is 3.24 Å². The first kappa shape index (κ1) is 12.3. The Hall–Kier alpha value is 0.310. The summed E-state index contributed by atoms with van der Waals surface area (Å²) in [6, 6.07) is 0. The number of unbranched alkanes of at least 4 members (excludes halogenated alkanes) is 5. The van der Waals surface area contributed by atoms with Crippen molar-refractivity contribution in [1.82, 2.24) is 4.90 Å². The van der Waals surface area contributed by atoms with Crippen LogP contribution in [0.5, 0.6) is 0 Å². The van der Waals surface area contributed by atoms with E-state index in [-0.39, 0.29) is 0 Å². The molecule has 0 rings (SSSR count). The van der Waals surface area contributed by atoms with Gasteiger partial charge in [-0.05, 0) is 20.0 Å². The lowest BCUT2D eigenvalue weighted by Gasteiger charge is -2.12. The molecule has 0 saturated heterocycles. The van der Waals surface area contributed by atoms with Crippen LogP contribution in [0.4, 0.5) is 0 Å². The number of hydrogen-bond acceptors (Lipinski definition) is 2. The van der Waals surface area contributed by atoms with E-state index in [0.29, 0.717) is 0 Å². The molecule has 0 aromatic carbocycles. The highest BCUT2D eigenvalue weighted by Crippen LogP contribution is 2.05. The quantitative estimate of drug-likeness (QED) is 0.349. The van der Waals surface area contributed by atoms with Gasteiger partial charge in [-0.2, -0.15) is 12.6 Å². The van der Waals surface area contributed by atoms with Crippen molar-refractivity contribution in [1.29, 1.82) is 0 Å². The average molecular weight is 189 g/mol. The zero-order valence-corrected chi connectivity index (χ0v) is 9.45. The molecule has 0 radical (unpaired) electrons. The fraction of sp³-hybridized carbons (Fsp3) is 1.00. The van der Waals surface area contributed by atoms with Crippen molar-refractivity contribution in [3.63, 3.8) is 0 Å². The summed E-state index contributed by atoms with van der Waals surface area (Å²) in [4.78, 5) is 2.25. The van der Waals surface area contributed by atoms with E-state index in [1.54, 1.807) is 0 Å². The molecule has 0 heterocycles. The van der Waals surface area contributed by atoms with Crippen LogP contribution in [0.25, 0.3) is 0 Å². The number of nitrogens with zero attached hydrogens (tertiary/aromatic N) is 1. The molecule has 0 amide bonds. The van der Waals surface area contributed by atoms with E-state index < -0.39 is 0 Å². The molecule has 1 nitrogen and oxygen atoms in total. The molecule has 0 unspecified atom stereocenters. The predicted octanol–water partition coefficient (Wildman–Crippen LogP) is 3.17. The Morgan fingerprint density at radius 3 is 2.17 bits per heavy atom. The van der Waals surface area contributed by atoms with Crippen molar-refractivity contribution in [3.8, 4) is 0 Å². The second-order valence-corrected chi connectivity index (χ2v) is 3.77. The standard InChI is InChI=1S/C10H23NS/c1-3-4-5-6-7-8-9-11(2)10-12/h12H,3-10H2,1-2H3. The van der Waals surface area contributed by atoms with Crippen LogP contribution >= 0.6 is 12.6 Å². The Kier molecular flexibility index (Phi) is 9.64. The summed E-state index contributed by atoms with van der Waals surface area (Å²) < 4.78 is 0. The van der Waals surface area contributed by atoms with Crippen LogP contribution in [-0.2, 0) is 0 Å². The van der Waals surface area contributed by atoms with Gasteiger partial charge in [0, 0.05) is 5.88 Å². The van der Waals surface area contributed by atoms with Crippen molar-refractivity contribution < 1.29 is 0 Å². The summed E-state index contributed by atoms with van der Waals surface area (Å²) in [5.74, 6) is 0.884. The van der Waals surface area contributed by atoms with E-state index >= 15 is 0 Å². The fourth-order valence-electron chi connectivity index (χ4n) is 1.23. The van der Waals surface area contributed by atoms with E-state index in [4.69, 9.17) is 0 Å². The summed E-state index contributed by atoms with van der Waals surface area (Å²) >= 11 is 4.20. The van der Waals surface area contributed by atoms with Crippen molar-refractivity contribution in [2.24, 2.45) is 0 Å². The summed E-state index contributed by atoms with van der Waals surface area (Å²) in [5, 5.41) is 0. The largest absolute Gasteiger partial charge is 0.297 e. The molecule has 0 aliphatic carbocycles. The Morgan fingerprint density at radius 1 is 1.00 bits per heavy atom. The molecule has 0 saturated carbocycles. The van der Waals surface area contributed by atoms with Crippen LogP contribution in [0.15, 0.2) is 0 Å². The second kappa shape index (κ2) is 9.40. The Labute approximate surface area is 82.9 Å². The van der Waals surface area contributed by atoms with Crippen LogP contribution in [0.2, 0.25) is 0 Å². The first-order chi connectivity index (χ1) is 5.81. The first-order valence-electron chi connectivity index (χ1n) is 5.10. The second-order valence-electron chi connectivity index (χ2n) is 3.49. The minimum Gasteiger partial charge on any atom is -0.297 e. The minimum absolute atomic E-state index is 0.884. The van der Waals surface area contributed by atoms with Gasteiger partial charge in [-0.25, -0.2) is 0 Å². The summed E-state index contributed by atoms with van der Waals surface area (Å²) in [6.07, 6.45) is 8.30. The maximum atomic E-state index is 4.20. The van der Waals surface area contributed by atoms with Gasteiger partial charge in [-0.15, -0.1) is 0 Å². The molecule has 0 aliphatic rings. The average Bonchev–Trinajstić information content (AvgIpc) is 2.10. The molecule has 0 aromatic rings. The molecular formula is C10H23NS. The Morgan fingerprint density at radius 2 is 1.58 bits per heavy atom. The smallest absolute Gasteiger partial charge is 0.0411 e. The van der Waals surface area contributed by atoms with Gasteiger partial charge in [0.1, 0.15) is 0 Å². The van der Waals surface area contributed by atoms with Crippen molar-refractivity contribution in [2.75, 3.05) is 19.5 Å². The molecule has 0 spiro atoms. The minimum atomic E-state index is 0.884. The molecule has 0 aliphatic heterocycles. The van der Waals surface area contributed by atoms with Crippen molar-refractivity contribution >= 4 is 12.6 Å². The molecular weight excluding hydrogens is 166 g/mol. The highest BCUT2D eigenvalue weighted by atomic mass is 32.1. The number of hydrogen-bond donors (Lipinski definition) is 1. The Bertz CT molecular complexity index is 85.9. The van der Waals surface area contributed by atoms with Crippen molar-refractivity contribution in [3.05, 3.63) is 0 Å². The van der Waals surface area contributed by atoms with E-state index in [1.165, 1.54) is 45.1 Å². The van der Waals surface area contributed by atoms with E-state index in [9.17, 15) is 0 Å². The maximum Gasteiger partial charge on any atom is 0.0411 e. The van der Waals surface area contributed by atoms with Gasteiger partial charge in [0.2, 0.25) is 0 Å². The van der Waals surface area contributed by atoms with Crippen LogP contribution < -0.4 is 0 Å². The third-order valence-electron chi connectivity index (χ3n) is 2.13. The molecule has 0 N–H and O–H groups in total. The Balaban J connectivity index is 2.90. The molecule has 2 heteroatoms. The van der Waals surface area contributed by atoms with E-state index in [0.717, 1.165) is 5.88 Å². The number of thiol groups is 1. The normalized spacial score (nSPS) is 11.0. The SMILES string of the molecule is CCCCCCCCN(C)CS. The molecule has 12 heavy (non-hydrogen) atoms. The molecule has 0 atom stereocenters. The van der Waals surface area contributed by atoms with Crippen LogP contribution in [0.3, 0.4) is 0 Å². The van der Waals surface area contributed by atoms with E-state index in [1.807, 2.05) is 0 Å². The zero-order chi connectivity index (χ0) is 9.23. The van der Waals surface area contributed by atoms with Crippen LogP contribution in [-0.4, -0.2) is 24.4 Å². The van der Waals surface area contributed by atoms with Gasteiger partial charge in [0.05, 0.1) is 0 Å². The zero-order valence-electron chi connectivity index (χ0n) is 8.55. The van der Waals surface area contributed by atoms with Gasteiger partial charge in [0.25, 0.3) is 0 Å². The highest BCUT2D eigenvalue weighted by molar-refractivity contribution is 7.80. The third kappa shape index (κ3) is 8.41. The third-order valence-corrected chi connectivity index (χ3v) is 2.62. The van der Waals surface area contributed by atoms with Gasteiger partial charge in [0.15, 0.2) is 0 Å². The summed E-state index contributed by atoms with van der Waals surface area (Å²) in [5.41, 5.74) is 0. The number of rotatable bonds is 8. The first-order valence-corrected chi connectivity index (χ1v) is 5.74. The molecule has 74 valence electrons. The lowest BCUT2D eigenvalue weighted by atomic mass is 10.1. The lowest BCUT2D eigenvalue weighted by molar-refractivity contribution is 0.377. The van der Waals surface area contributed by atoms with Crippen molar-refractivity contribution in [2.45, 2.75) is 45.4 Å². The predicted molar refractivity (Wildman–Crippen MR) is 59.9 cm³/mol. The summed E-state index contributed by atoms with van der Waals surface area (Å²) in [7, 11) is 2.12. The van der Waals surface area contributed by atoms with Gasteiger partial charge >= 0.3 is 0 Å². The summed E-state index contributed by atoms with van der Waals surface area (Å²) in [6.45, 7) is 3.46. The molecule has 0 aromatic heterocycles. The monoisotopic (exact) mass is 189 g/mol. The maximum absolute atomic E-state index is 4.20. The van der Waals surface area contributed by atoms with Gasteiger partial charge in [-0.1, -0.05) is 39.0 Å². The molecule has 0 fully saturated rings. The fourth-order valence-corrected chi connectivity index (χ4v) is 1.37. The van der Waals surface area contributed by atoms with Gasteiger partial charge in [-0.3, -0.25) is 4.90 Å². The molecule has 0 bridgehead atoms.